The summed E-state index contributed by atoms with van der Waals surface area (Å²) in [4.78, 5) is 2.37. The molecule has 0 aromatic heterocycles. The standard InChI is InChI=1S/C14H23NO.ClH/c1-5-15(6-2)9-10-16-14-11-12(3)7-8-13(14)4;/h7-8,11H,5-6,9-10H2,1-4H3;1H. The first-order chi connectivity index (χ1) is 7.67. The summed E-state index contributed by atoms with van der Waals surface area (Å²) >= 11 is 0. The Hall–Kier alpha value is -0.730. The van der Waals surface area contributed by atoms with E-state index in [4.69, 9.17) is 4.74 Å². The molecule has 0 aliphatic rings. The van der Waals surface area contributed by atoms with Crippen LogP contribution in [0, 0.1) is 13.8 Å². The van der Waals surface area contributed by atoms with E-state index < -0.39 is 0 Å². The summed E-state index contributed by atoms with van der Waals surface area (Å²) < 4.78 is 5.81. The predicted octanol–water partition coefficient (Wildman–Crippen LogP) is 3.45. The van der Waals surface area contributed by atoms with Crippen molar-refractivity contribution >= 4 is 12.4 Å². The van der Waals surface area contributed by atoms with Gasteiger partial charge in [0.2, 0.25) is 0 Å². The molecule has 0 saturated carbocycles. The van der Waals surface area contributed by atoms with E-state index in [2.05, 4.69) is 50.8 Å². The Morgan fingerprint density at radius 2 is 1.76 bits per heavy atom. The molecule has 3 heteroatoms. The van der Waals surface area contributed by atoms with Gasteiger partial charge in [0.05, 0.1) is 0 Å². The van der Waals surface area contributed by atoms with Crippen molar-refractivity contribution in [2.45, 2.75) is 27.7 Å². The molecule has 0 fully saturated rings. The Bertz CT molecular complexity index is 324. The highest BCUT2D eigenvalue weighted by Gasteiger charge is 2.02. The van der Waals surface area contributed by atoms with E-state index in [0.717, 1.165) is 32.0 Å². The second-order valence-corrected chi connectivity index (χ2v) is 4.14. The number of halogens is 1. The maximum absolute atomic E-state index is 5.81. The van der Waals surface area contributed by atoms with E-state index in [1.54, 1.807) is 0 Å². The molecule has 17 heavy (non-hydrogen) atoms. The third kappa shape index (κ3) is 5.42. The van der Waals surface area contributed by atoms with Crippen LogP contribution >= 0.6 is 12.4 Å². The summed E-state index contributed by atoms with van der Waals surface area (Å²) in [6.45, 7) is 12.5. The second-order valence-electron chi connectivity index (χ2n) is 4.14. The number of hydrogen-bond acceptors (Lipinski definition) is 2. The van der Waals surface area contributed by atoms with E-state index in [9.17, 15) is 0 Å². The summed E-state index contributed by atoms with van der Waals surface area (Å²) in [7, 11) is 0. The molecule has 0 heterocycles. The third-order valence-corrected chi connectivity index (χ3v) is 2.90. The molecule has 0 aliphatic carbocycles. The maximum Gasteiger partial charge on any atom is 0.122 e. The van der Waals surface area contributed by atoms with Crippen LogP contribution in [-0.4, -0.2) is 31.1 Å². The molecule has 0 atom stereocenters. The lowest BCUT2D eigenvalue weighted by atomic mass is 10.1. The summed E-state index contributed by atoms with van der Waals surface area (Å²) in [6.07, 6.45) is 0. The lowest BCUT2D eigenvalue weighted by Gasteiger charge is -2.18. The van der Waals surface area contributed by atoms with E-state index in [1.165, 1.54) is 11.1 Å². The first kappa shape index (κ1) is 16.3. The monoisotopic (exact) mass is 257 g/mol. The number of nitrogens with zero attached hydrogens (tertiary/aromatic N) is 1. The topological polar surface area (TPSA) is 12.5 Å². The van der Waals surface area contributed by atoms with Crippen molar-refractivity contribution in [1.82, 2.24) is 4.90 Å². The molecule has 0 N–H and O–H groups in total. The smallest absolute Gasteiger partial charge is 0.122 e. The number of benzene rings is 1. The molecule has 0 spiro atoms. The molecule has 0 bridgehead atoms. The van der Waals surface area contributed by atoms with Crippen molar-refractivity contribution in [3.05, 3.63) is 29.3 Å². The zero-order chi connectivity index (χ0) is 12.0. The van der Waals surface area contributed by atoms with Crippen LogP contribution in [0.4, 0.5) is 0 Å². The molecule has 2 nitrogen and oxygen atoms in total. The number of hydrogen-bond donors (Lipinski definition) is 0. The Labute approximate surface area is 111 Å². The molecule has 0 amide bonds. The molecular weight excluding hydrogens is 234 g/mol. The molecule has 1 aromatic carbocycles. The summed E-state index contributed by atoms with van der Waals surface area (Å²) in [5.41, 5.74) is 2.47. The molecule has 0 aliphatic heterocycles. The minimum Gasteiger partial charge on any atom is -0.492 e. The molecule has 0 unspecified atom stereocenters. The van der Waals surface area contributed by atoms with Crippen molar-refractivity contribution in [1.29, 1.82) is 0 Å². The van der Waals surface area contributed by atoms with Gasteiger partial charge in [-0.25, -0.2) is 0 Å². The number of likely N-dealkylation sites (N-methyl/N-ethyl adjacent to an activating group) is 1. The molecule has 0 saturated heterocycles. The fourth-order valence-corrected chi connectivity index (χ4v) is 1.69. The minimum absolute atomic E-state index is 0. The summed E-state index contributed by atoms with van der Waals surface area (Å²) in [5, 5.41) is 0. The van der Waals surface area contributed by atoms with E-state index >= 15 is 0 Å². The zero-order valence-corrected chi connectivity index (χ0v) is 12.1. The van der Waals surface area contributed by atoms with Gasteiger partial charge in [0, 0.05) is 6.54 Å². The highest BCUT2D eigenvalue weighted by atomic mass is 35.5. The van der Waals surface area contributed by atoms with Crippen molar-refractivity contribution in [2.24, 2.45) is 0 Å². The van der Waals surface area contributed by atoms with Gasteiger partial charge in [-0.2, -0.15) is 0 Å². The van der Waals surface area contributed by atoms with Crippen LogP contribution in [0.5, 0.6) is 5.75 Å². The number of rotatable bonds is 6. The van der Waals surface area contributed by atoms with Crippen LogP contribution in [-0.2, 0) is 0 Å². The molecule has 1 rings (SSSR count). The fraction of sp³-hybridized carbons (Fsp3) is 0.571. The number of aryl methyl sites for hydroxylation is 2. The SMILES string of the molecule is CCN(CC)CCOc1cc(C)ccc1C.Cl. The van der Waals surface area contributed by atoms with Gasteiger partial charge in [-0.15, -0.1) is 12.4 Å². The van der Waals surface area contributed by atoms with Gasteiger partial charge in [0.15, 0.2) is 0 Å². The van der Waals surface area contributed by atoms with Crippen molar-refractivity contribution in [3.8, 4) is 5.75 Å². The lowest BCUT2D eigenvalue weighted by Crippen LogP contribution is -2.28. The maximum atomic E-state index is 5.81. The highest BCUT2D eigenvalue weighted by molar-refractivity contribution is 5.85. The van der Waals surface area contributed by atoms with Gasteiger partial charge in [-0.05, 0) is 44.1 Å². The average Bonchev–Trinajstić information content (AvgIpc) is 2.29. The third-order valence-electron chi connectivity index (χ3n) is 2.90. The fourth-order valence-electron chi connectivity index (χ4n) is 1.69. The molecule has 0 radical (unpaired) electrons. The predicted molar refractivity (Wildman–Crippen MR) is 76.4 cm³/mol. The van der Waals surface area contributed by atoms with Gasteiger partial charge in [-0.1, -0.05) is 26.0 Å². The van der Waals surface area contributed by atoms with Crippen molar-refractivity contribution in [3.63, 3.8) is 0 Å². The van der Waals surface area contributed by atoms with Crippen LogP contribution in [0.15, 0.2) is 18.2 Å². The Kier molecular flexibility index (Phi) is 8.01. The number of ether oxygens (including phenoxy) is 1. The Morgan fingerprint density at radius 3 is 2.35 bits per heavy atom. The van der Waals surface area contributed by atoms with Crippen LogP contribution < -0.4 is 4.74 Å². The van der Waals surface area contributed by atoms with Gasteiger partial charge in [0.1, 0.15) is 12.4 Å². The van der Waals surface area contributed by atoms with Gasteiger partial charge in [0.25, 0.3) is 0 Å². The first-order valence-electron chi connectivity index (χ1n) is 6.09. The normalized spacial score (nSPS) is 10.2. The quantitative estimate of drug-likeness (QED) is 0.774. The Morgan fingerprint density at radius 1 is 1.12 bits per heavy atom. The molecule has 1 aromatic rings. The molecular formula is C14H24ClNO. The molecule has 98 valence electrons. The average molecular weight is 258 g/mol. The first-order valence-corrected chi connectivity index (χ1v) is 6.09. The van der Waals surface area contributed by atoms with Crippen molar-refractivity contribution in [2.75, 3.05) is 26.2 Å². The summed E-state index contributed by atoms with van der Waals surface area (Å²) in [6, 6.07) is 6.34. The van der Waals surface area contributed by atoms with E-state index in [-0.39, 0.29) is 12.4 Å². The van der Waals surface area contributed by atoms with Crippen molar-refractivity contribution < 1.29 is 4.74 Å². The van der Waals surface area contributed by atoms with Gasteiger partial charge >= 0.3 is 0 Å². The Balaban J connectivity index is 0.00000256. The van der Waals surface area contributed by atoms with E-state index in [0.29, 0.717) is 0 Å². The van der Waals surface area contributed by atoms with Crippen LogP contribution in [0.2, 0.25) is 0 Å². The van der Waals surface area contributed by atoms with Crippen LogP contribution in [0.3, 0.4) is 0 Å². The lowest BCUT2D eigenvalue weighted by molar-refractivity contribution is 0.222. The second kappa shape index (κ2) is 8.37. The highest BCUT2D eigenvalue weighted by Crippen LogP contribution is 2.18. The summed E-state index contributed by atoms with van der Waals surface area (Å²) in [5.74, 6) is 1.02. The minimum atomic E-state index is 0. The zero-order valence-electron chi connectivity index (χ0n) is 11.3. The van der Waals surface area contributed by atoms with E-state index in [1.807, 2.05) is 0 Å². The van der Waals surface area contributed by atoms with Crippen LogP contribution in [0.1, 0.15) is 25.0 Å². The van der Waals surface area contributed by atoms with Gasteiger partial charge in [-0.3, -0.25) is 0 Å². The largest absolute Gasteiger partial charge is 0.492 e. The van der Waals surface area contributed by atoms with Crippen LogP contribution in [0.25, 0.3) is 0 Å². The van der Waals surface area contributed by atoms with Gasteiger partial charge < -0.3 is 9.64 Å².